The number of carboxylic acid groups (broad SMARTS) is 1. The summed E-state index contributed by atoms with van der Waals surface area (Å²) >= 11 is 0. The summed E-state index contributed by atoms with van der Waals surface area (Å²) in [5, 5.41) is 8.97. The molecule has 1 saturated heterocycles. The van der Waals surface area contributed by atoms with Crippen LogP contribution in [0.2, 0.25) is 0 Å². The monoisotopic (exact) mass is 303 g/mol. The van der Waals surface area contributed by atoms with Gasteiger partial charge in [0.05, 0.1) is 25.7 Å². The van der Waals surface area contributed by atoms with Crippen LogP contribution in [0, 0.1) is 0 Å². The second-order valence-corrected chi connectivity index (χ2v) is 6.07. The van der Waals surface area contributed by atoms with E-state index in [1.165, 1.54) is 24.8 Å². The highest BCUT2D eigenvalue weighted by Crippen LogP contribution is 2.36. The first-order valence-electron chi connectivity index (χ1n) is 7.85. The lowest BCUT2D eigenvalue weighted by molar-refractivity contribution is -0.139. The third-order valence-electron chi connectivity index (χ3n) is 4.63. The SMILES string of the molecule is O=C(O)C[C@H]1COCCN1C(=O)c1ccc(C2CCC2)cc1. The quantitative estimate of drug-likeness (QED) is 0.926. The summed E-state index contributed by atoms with van der Waals surface area (Å²) in [6.45, 7) is 1.20. The first-order valence-corrected chi connectivity index (χ1v) is 7.85. The molecular weight excluding hydrogens is 282 g/mol. The van der Waals surface area contributed by atoms with Gasteiger partial charge in [-0.25, -0.2) is 0 Å². The fraction of sp³-hybridized carbons (Fsp3) is 0.529. The second-order valence-electron chi connectivity index (χ2n) is 6.07. The maximum atomic E-state index is 12.6. The Balaban J connectivity index is 1.71. The van der Waals surface area contributed by atoms with Crippen molar-refractivity contribution in [3.05, 3.63) is 35.4 Å². The normalized spacial score (nSPS) is 22.2. The summed E-state index contributed by atoms with van der Waals surface area (Å²) in [6, 6.07) is 7.41. The molecule has 1 amide bonds. The Morgan fingerprint density at radius 3 is 2.55 bits per heavy atom. The van der Waals surface area contributed by atoms with E-state index in [-0.39, 0.29) is 25.0 Å². The van der Waals surface area contributed by atoms with Crippen LogP contribution in [0.15, 0.2) is 24.3 Å². The highest BCUT2D eigenvalue weighted by atomic mass is 16.5. The van der Waals surface area contributed by atoms with Gasteiger partial charge in [0.15, 0.2) is 0 Å². The molecule has 1 aromatic carbocycles. The third-order valence-corrected chi connectivity index (χ3v) is 4.63. The minimum Gasteiger partial charge on any atom is -0.481 e. The molecule has 5 heteroatoms. The van der Waals surface area contributed by atoms with Crippen LogP contribution >= 0.6 is 0 Å². The molecule has 1 heterocycles. The van der Waals surface area contributed by atoms with E-state index in [4.69, 9.17) is 9.84 Å². The van der Waals surface area contributed by atoms with E-state index >= 15 is 0 Å². The molecule has 1 aliphatic heterocycles. The molecule has 0 unspecified atom stereocenters. The van der Waals surface area contributed by atoms with Crippen LogP contribution in [-0.4, -0.2) is 47.7 Å². The topological polar surface area (TPSA) is 66.8 Å². The molecule has 2 fully saturated rings. The Kier molecular flexibility index (Phi) is 4.43. The number of carbonyl (C=O) groups is 2. The van der Waals surface area contributed by atoms with Crippen LogP contribution in [0.1, 0.15) is 47.5 Å². The Morgan fingerprint density at radius 1 is 1.23 bits per heavy atom. The van der Waals surface area contributed by atoms with E-state index in [9.17, 15) is 9.59 Å². The summed E-state index contributed by atoms with van der Waals surface area (Å²) in [5.74, 6) is -0.365. The average Bonchev–Trinajstić information content (AvgIpc) is 2.45. The highest BCUT2D eigenvalue weighted by molar-refractivity contribution is 5.94. The molecule has 1 saturated carbocycles. The van der Waals surface area contributed by atoms with E-state index in [2.05, 4.69) is 0 Å². The van der Waals surface area contributed by atoms with Gasteiger partial charge in [-0.2, -0.15) is 0 Å². The van der Waals surface area contributed by atoms with Crippen LogP contribution in [0.25, 0.3) is 0 Å². The highest BCUT2D eigenvalue weighted by Gasteiger charge is 2.30. The van der Waals surface area contributed by atoms with E-state index in [0.717, 1.165) is 0 Å². The van der Waals surface area contributed by atoms with Crippen LogP contribution in [0.4, 0.5) is 0 Å². The molecule has 3 rings (SSSR count). The van der Waals surface area contributed by atoms with Crippen LogP contribution in [0.3, 0.4) is 0 Å². The number of aliphatic carboxylic acids is 1. The summed E-state index contributed by atoms with van der Waals surface area (Å²) in [5.41, 5.74) is 1.92. The van der Waals surface area contributed by atoms with Gasteiger partial charge in [-0.1, -0.05) is 18.6 Å². The van der Waals surface area contributed by atoms with Crippen molar-refractivity contribution < 1.29 is 19.4 Å². The molecule has 22 heavy (non-hydrogen) atoms. The zero-order valence-electron chi connectivity index (χ0n) is 12.5. The van der Waals surface area contributed by atoms with Crippen molar-refractivity contribution in [3.8, 4) is 0 Å². The number of hydrogen-bond acceptors (Lipinski definition) is 3. The summed E-state index contributed by atoms with van der Waals surface area (Å²) in [6.07, 6.45) is 3.68. The smallest absolute Gasteiger partial charge is 0.305 e. The molecule has 0 aromatic heterocycles. The van der Waals surface area contributed by atoms with Crippen molar-refractivity contribution in [2.24, 2.45) is 0 Å². The Bertz CT molecular complexity index is 550. The van der Waals surface area contributed by atoms with Gasteiger partial charge in [0, 0.05) is 12.1 Å². The van der Waals surface area contributed by atoms with E-state index in [0.29, 0.717) is 24.6 Å². The number of benzene rings is 1. The van der Waals surface area contributed by atoms with E-state index in [1.807, 2.05) is 24.3 Å². The summed E-state index contributed by atoms with van der Waals surface area (Å²) in [4.78, 5) is 25.2. The van der Waals surface area contributed by atoms with Crippen molar-refractivity contribution in [2.45, 2.75) is 37.6 Å². The molecular formula is C17H21NO4. The van der Waals surface area contributed by atoms with Gasteiger partial charge < -0.3 is 14.7 Å². The van der Waals surface area contributed by atoms with Gasteiger partial charge in [0.25, 0.3) is 5.91 Å². The zero-order valence-corrected chi connectivity index (χ0v) is 12.5. The Hall–Kier alpha value is -1.88. The summed E-state index contributed by atoms with van der Waals surface area (Å²) in [7, 11) is 0. The van der Waals surface area contributed by atoms with E-state index < -0.39 is 5.97 Å². The third kappa shape index (κ3) is 3.14. The molecule has 1 aromatic rings. The van der Waals surface area contributed by atoms with Crippen molar-refractivity contribution in [3.63, 3.8) is 0 Å². The number of ether oxygens (including phenoxy) is 1. The largest absolute Gasteiger partial charge is 0.481 e. The molecule has 0 spiro atoms. The van der Waals surface area contributed by atoms with Gasteiger partial charge >= 0.3 is 5.97 Å². The first kappa shape index (κ1) is 15.0. The fourth-order valence-corrected chi connectivity index (χ4v) is 3.10. The molecule has 5 nitrogen and oxygen atoms in total. The van der Waals surface area contributed by atoms with Crippen LogP contribution < -0.4 is 0 Å². The van der Waals surface area contributed by atoms with Crippen LogP contribution in [-0.2, 0) is 9.53 Å². The second kappa shape index (κ2) is 6.48. The number of rotatable bonds is 4. The fourth-order valence-electron chi connectivity index (χ4n) is 3.10. The first-order chi connectivity index (χ1) is 10.6. The molecule has 118 valence electrons. The number of nitrogens with zero attached hydrogens (tertiary/aromatic N) is 1. The van der Waals surface area contributed by atoms with Crippen molar-refractivity contribution >= 4 is 11.9 Å². The number of amides is 1. The maximum absolute atomic E-state index is 12.6. The molecule has 2 aliphatic rings. The van der Waals surface area contributed by atoms with Gasteiger partial charge in [0.1, 0.15) is 0 Å². The van der Waals surface area contributed by atoms with Crippen molar-refractivity contribution in [1.82, 2.24) is 4.90 Å². The van der Waals surface area contributed by atoms with Gasteiger partial charge in [-0.15, -0.1) is 0 Å². The van der Waals surface area contributed by atoms with Gasteiger partial charge in [-0.3, -0.25) is 9.59 Å². The predicted molar refractivity (Wildman–Crippen MR) is 80.9 cm³/mol. The number of hydrogen-bond donors (Lipinski definition) is 1. The number of carbonyl (C=O) groups excluding carboxylic acids is 1. The van der Waals surface area contributed by atoms with Crippen molar-refractivity contribution in [2.75, 3.05) is 19.8 Å². The molecule has 1 atom stereocenters. The summed E-state index contributed by atoms with van der Waals surface area (Å²) < 4.78 is 5.31. The van der Waals surface area contributed by atoms with Crippen LogP contribution in [0.5, 0.6) is 0 Å². The number of carboxylic acids is 1. The lowest BCUT2D eigenvalue weighted by Gasteiger charge is -2.35. The molecule has 0 radical (unpaired) electrons. The Labute approximate surface area is 129 Å². The van der Waals surface area contributed by atoms with Crippen molar-refractivity contribution in [1.29, 1.82) is 0 Å². The standard InChI is InChI=1S/C17H21NO4/c19-16(20)10-15-11-22-9-8-18(15)17(21)14-6-4-13(5-7-14)12-2-1-3-12/h4-7,12,15H,1-3,8-11H2,(H,19,20)/t15-/m0/s1. The average molecular weight is 303 g/mol. The molecule has 1 N–H and O–H groups in total. The van der Waals surface area contributed by atoms with E-state index in [1.54, 1.807) is 4.90 Å². The lowest BCUT2D eigenvalue weighted by atomic mass is 9.80. The van der Waals surface area contributed by atoms with Gasteiger partial charge in [0.2, 0.25) is 0 Å². The minimum absolute atomic E-state index is 0.0775. The minimum atomic E-state index is -0.909. The molecule has 1 aliphatic carbocycles. The lowest BCUT2D eigenvalue weighted by Crippen LogP contribution is -2.49. The van der Waals surface area contributed by atoms with Gasteiger partial charge in [-0.05, 0) is 36.5 Å². The zero-order chi connectivity index (χ0) is 15.5. The predicted octanol–water partition coefficient (Wildman–Crippen LogP) is 2.27. The number of morpholine rings is 1. The maximum Gasteiger partial charge on any atom is 0.305 e. The molecule has 0 bridgehead atoms. The Morgan fingerprint density at radius 2 is 1.95 bits per heavy atom.